The van der Waals surface area contributed by atoms with Crippen LogP contribution in [0.3, 0.4) is 0 Å². The number of rotatable bonds is 29. The first-order valence-corrected chi connectivity index (χ1v) is 18.8. The van der Waals surface area contributed by atoms with Crippen LogP contribution in [-0.2, 0) is 38.1 Å². The molecule has 0 aromatic rings. The van der Waals surface area contributed by atoms with Crippen LogP contribution in [0, 0.1) is 5.92 Å². The summed E-state index contributed by atoms with van der Waals surface area (Å²) in [6, 6.07) is 0. The monoisotopic (exact) mass is 680 g/mol. The third kappa shape index (κ3) is 22.2. The van der Waals surface area contributed by atoms with E-state index in [1.54, 1.807) is 0 Å². The number of esters is 3. The largest absolute Gasteiger partial charge is 0.466 e. The fourth-order valence-electron chi connectivity index (χ4n) is 5.63. The summed E-state index contributed by atoms with van der Waals surface area (Å²) in [5.41, 5.74) is 0.393. The highest BCUT2D eigenvalue weighted by Gasteiger charge is 2.30. The van der Waals surface area contributed by atoms with Gasteiger partial charge < -0.3 is 28.7 Å². The summed E-state index contributed by atoms with van der Waals surface area (Å²) >= 11 is 0. The number of hydrogen-bond donors (Lipinski definition) is 0. The highest BCUT2D eigenvalue weighted by atomic mass is 16.7. The van der Waals surface area contributed by atoms with Crippen LogP contribution in [0.1, 0.15) is 142 Å². The molecule has 1 aliphatic heterocycles. The predicted octanol–water partition coefficient (Wildman–Crippen LogP) is 7.38. The van der Waals surface area contributed by atoms with Crippen LogP contribution < -0.4 is 0 Å². The van der Waals surface area contributed by atoms with Crippen molar-refractivity contribution in [2.24, 2.45) is 5.92 Å². The molecule has 10 heteroatoms. The Kier molecular flexibility index (Phi) is 24.8. The van der Waals surface area contributed by atoms with E-state index in [-0.39, 0.29) is 43.1 Å². The molecule has 0 radical (unpaired) electrons. The van der Waals surface area contributed by atoms with E-state index in [0.29, 0.717) is 63.3 Å². The Bertz CT molecular complexity index is 939. The molecule has 48 heavy (non-hydrogen) atoms. The topological polar surface area (TPSA) is 112 Å². The summed E-state index contributed by atoms with van der Waals surface area (Å²) in [7, 11) is 7.51. The lowest BCUT2D eigenvalue weighted by Crippen LogP contribution is -2.30. The van der Waals surface area contributed by atoms with Gasteiger partial charge in [-0.3, -0.25) is 19.2 Å². The van der Waals surface area contributed by atoms with Gasteiger partial charge in [-0.25, -0.2) is 0 Å². The zero-order chi connectivity index (χ0) is 35.6. The van der Waals surface area contributed by atoms with Crippen molar-refractivity contribution >= 4 is 23.7 Å². The Hall–Kier alpha value is -2.46. The minimum Gasteiger partial charge on any atom is -0.466 e. The van der Waals surface area contributed by atoms with Gasteiger partial charge in [0, 0.05) is 25.9 Å². The van der Waals surface area contributed by atoms with Gasteiger partial charge in [0.1, 0.15) is 12.7 Å². The summed E-state index contributed by atoms with van der Waals surface area (Å²) in [5.74, 6) is -0.368. The molecule has 0 saturated heterocycles. The first-order valence-electron chi connectivity index (χ1n) is 18.8. The molecule has 1 atom stereocenters. The number of ether oxygens (including phenoxy) is 4. The maximum Gasteiger partial charge on any atom is 0.314 e. The molecule has 0 fully saturated rings. The van der Waals surface area contributed by atoms with Crippen molar-refractivity contribution in [3.05, 3.63) is 11.5 Å². The Morgan fingerprint density at radius 2 is 1.25 bits per heavy atom. The fraction of sp³-hybridized carbons (Fsp3) is 0.842. The highest BCUT2D eigenvalue weighted by molar-refractivity contribution is 5.96. The van der Waals surface area contributed by atoms with Crippen LogP contribution in [0.2, 0.25) is 0 Å². The van der Waals surface area contributed by atoms with Crippen LogP contribution in [0.4, 0.5) is 0 Å². The first kappa shape index (κ1) is 43.6. The lowest BCUT2D eigenvalue weighted by molar-refractivity contribution is -0.156. The molecular weight excluding hydrogens is 612 g/mol. The van der Waals surface area contributed by atoms with Gasteiger partial charge in [-0.15, -0.1) is 0 Å². The summed E-state index contributed by atoms with van der Waals surface area (Å²) in [6.07, 6.45) is 16.8. The van der Waals surface area contributed by atoms with E-state index < -0.39 is 12.1 Å². The Labute approximate surface area is 291 Å². The number of carbonyl (C=O) groups is 4. The summed E-state index contributed by atoms with van der Waals surface area (Å²) in [6.45, 7) is 6.13. The molecule has 278 valence electrons. The van der Waals surface area contributed by atoms with Crippen molar-refractivity contribution in [3.8, 4) is 0 Å². The normalized spacial score (nSPS) is 14.8. The molecule has 0 aliphatic carbocycles. The van der Waals surface area contributed by atoms with Crippen LogP contribution in [0.5, 0.6) is 0 Å². The van der Waals surface area contributed by atoms with Gasteiger partial charge in [0.2, 0.25) is 0 Å². The van der Waals surface area contributed by atoms with Crippen LogP contribution in [0.15, 0.2) is 11.5 Å². The van der Waals surface area contributed by atoms with E-state index in [2.05, 4.69) is 13.8 Å². The lowest BCUT2D eigenvalue weighted by atomic mass is 9.92. The second-order valence-corrected chi connectivity index (χ2v) is 13.9. The van der Waals surface area contributed by atoms with E-state index in [0.717, 1.165) is 32.1 Å². The molecule has 1 aliphatic rings. The fourth-order valence-corrected chi connectivity index (χ4v) is 5.63. The number of carbonyl (C=O) groups excluding carboxylic acids is 4. The predicted molar refractivity (Wildman–Crippen MR) is 189 cm³/mol. The Morgan fingerprint density at radius 1 is 0.688 bits per heavy atom. The van der Waals surface area contributed by atoms with Crippen molar-refractivity contribution in [2.45, 2.75) is 148 Å². The molecule has 0 saturated carbocycles. The third-order valence-corrected chi connectivity index (χ3v) is 8.74. The van der Waals surface area contributed by atoms with Gasteiger partial charge in [0.05, 0.1) is 25.0 Å². The van der Waals surface area contributed by atoms with Crippen LogP contribution in [-0.4, -0.2) is 94.1 Å². The second kappa shape index (κ2) is 27.4. The third-order valence-electron chi connectivity index (χ3n) is 8.74. The number of ketones is 1. The maximum absolute atomic E-state index is 13.2. The van der Waals surface area contributed by atoms with E-state index in [4.69, 9.17) is 18.9 Å². The summed E-state index contributed by atoms with van der Waals surface area (Å²) in [4.78, 5) is 53.8. The summed E-state index contributed by atoms with van der Waals surface area (Å²) in [5, 5.41) is 0. The van der Waals surface area contributed by atoms with Crippen molar-refractivity contribution < 1.29 is 38.1 Å². The molecule has 0 N–H and O–H groups in total. The van der Waals surface area contributed by atoms with Gasteiger partial charge in [-0.1, -0.05) is 84.5 Å². The summed E-state index contributed by atoms with van der Waals surface area (Å²) < 4.78 is 22.4. The molecule has 0 amide bonds. The number of unbranched alkanes of at least 4 members (excludes halogenated alkanes) is 8. The molecule has 0 aromatic heterocycles. The Balaban J connectivity index is 2.44. The minimum absolute atomic E-state index is 0.0403. The minimum atomic E-state index is -0.480. The maximum atomic E-state index is 13.2. The van der Waals surface area contributed by atoms with Crippen LogP contribution >= 0.6 is 0 Å². The van der Waals surface area contributed by atoms with E-state index in [9.17, 15) is 19.2 Å². The quantitative estimate of drug-likeness (QED) is 0.0451. The van der Waals surface area contributed by atoms with Crippen molar-refractivity contribution in [1.29, 1.82) is 0 Å². The van der Waals surface area contributed by atoms with E-state index in [1.165, 1.54) is 51.4 Å². The zero-order valence-corrected chi connectivity index (χ0v) is 31.3. The van der Waals surface area contributed by atoms with Crippen LogP contribution in [0.25, 0.3) is 0 Å². The molecule has 0 spiro atoms. The smallest absolute Gasteiger partial charge is 0.314 e. The molecule has 0 unspecified atom stereocenters. The molecule has 10 nitrogen and oxygen atoms in total. The average molecular weight is 681 g/mol. The van der Waals surface area contributed by atoms with Gasteiger partial charge in [0.25, 0.3) is 5.95 Å². The van der Waals surface area contributed by atoms with Gasteiger partial charge >= 0.3 is 17.9 Å². The average Bonchev–Trinajstić information content (AvgIpc) is 3.05. The van der Waals surface area contributed by atoms with E-state index >= 15 is 0 Å². The number of allylic oxidation sites excluding steroid dienone is 1. The van der Waals surface area contributed by atoms with Gasteiger partial charge in [-0.2, -0.15) is 0 Å². The van der Waals surface area contributed by atoms with Gasteiger partial charge in [-0.05, 0) is 66.2 Å². The van der Waals surface area contributed by atoms with E-state index in [1.807, 2.05) is 38.0 Å². The molecule has 1 rings (SSSR count). The van der Waals surface area contributed by atoms with Crippen molar-refractivity contribution in [1.82, 2.24) is 9.80 Å². The number of Topliss-reactive ketones (excluding diaryl/α,β-unsaturated/α-hetero) is 1. The highest BCUT2D eigenvalue weighted by Crippen LogP contribution is 2.28. The Morgan fingerprint density at radius 3 is 1.85 bits per heavy atom. The molecule has 0 bridgehead atoms. The second-order valence-electron chi connectivity index (χ2n) is 13.9. The van der Waals surface area contributed by atoms with Crippen molar-refractivity contribution in [3.63, 3.8) is 0 Å². The van der Waals surface area contributed by atoms with Gasteiger partial charge in [0.15, 0.2) is 5.78 Å². The first-order chi connectivity index (χ1) is 23.0. The number of nitrogens with zero attached hydrogens (tertiary/aromatic N) is 2. The lowest BCUT2D eigenvalue weighted by Gasteiger charge is -2.27. The van der Waals surface area contributed by atoms with Crippen molar-refractivity contribution in [2.75, 3.05) is 54.5 Å². The SMILES string of the molecule is CCCCCC(CCCCC)CCOC(=O)CCCCCCCC(=O)C1=C(OC(=O)CCN(C)C)O[C@H](COC(=O)CCN(C)C)CC1. The molecule has 1 heterocycles. The molecular formula is C38H68N2O8. The molecule has 0 aromatic carbocycles. The number of hydrogen-bond acceptors (Lipinski definition) is 10. The zero-order valence-electron chi connectivity index (χ0n) is 31.3. The standard InChI is InChI=1S/C38H68N2O8/c1-7-9-14-18-31(19-15-10-8-2)26-29-45-35(42)21-17-13-11-12-16-20-34(41)33-23-22-32(30-46-36(43)24-27-39(3)4)47-38(33)48-37(44)25-28-40(5)6/h31-32H,7-30H2,1-6H3/t32-/m0/s1.